The van der Waals surface area contributed by atoms with Crippen LogP contribution in [-0.4, -0.2) is 4.57 Å². The standard InChI is InChI=1S/C23H35N2/c1-20-16-21(2)18-23(17-20)25-15-14-24(19-25)22-12-10-8-6-4-3-5-7-9-11-13-22/h14-19,22H,3-13H2,1-2H3/q+1. The summed E-state index contributed by atoms with van der Waals surface area (Å²) >= 11 is 0. The van der Waals surface area contributed by atoms with Crippen molar-refractivity contribution in [3.8, 4) is 5.69 Å². The van der Waals surface area contributed by atoms with Crippen molar-refractivity contribution in [2.24, 2.45) is 0 Å². The second-order valence-corrected chi connectivity index (χ2v) is 8.03. The number of imidazole rings is 1. The molecular weight excluding hydrogens is 304 g/mol. The van der Waals surface area contributed by atoms with Crippen LogP contribution in [0, 0.1) is 13.8 Å². The Kier molecular flexibility index (Phi) is 6.72. The first kappa shape index (κ1) is 18.2. The fraction of sp³-hybridized carbons (Fsp3) is 0.609. The molecule has 1 aliphatic rings. The van der Waals surface area contributed by atoms with Gasteiger partial charge in [-0.05, 0) is 62.8 Å². The highest BCUT2D eigenvalue weighted by Crippen LogP contribution is 2.21. The number of rotatable bonds is 2. The van der Waals surface area contributed by atoms with Crippen LogP contribution in [0.15, 0.2) is 36.9 Å². The van der Waals surface area contributed by atoms with E-state index in [2.05, 4.69) is 59.9 Å². The van der Waals surface area contributed by atoms with Crippen molar-refractivity contribution in [3.05, 3.63) is 48.0 Å². The molecule has 1 fully saturated rings. The number of nitrogens with zero attached hydrogens (tertiary/aromatic N) is 2. The Hall–Kier alpha value is -1.57. The Morgan fingerprint density at radius 3 is 1.84 bits per heavy atom. The van der Waals surface area contributed by atoms with E-state index in [1.165, 1.54) is 87.4 Å². The average Bonchev–Trinajstić information content (AvgIpc) is 3.04. The molecule has 136 valence electrons. The van der Waals surface area contributed by atoms with Gasteiger partial charge in [-0.15, -0.1) is 0 Å². The molecular formula is C23H35N2+. The van der Waals surface area contributed by atoms with Crippen molar-refractivity contribution >= 4 is 0 Å². The summed E-state index contributed by atoms with van der Waals surface area (Å²) in [5.41, 5.74) is 3.95. The molecule has 1 saturated carbocycles. The molecule has 0 N–H and O–H groups in total. The van der Waals surface area contributed by atoms with Gasteiger partial charge in [0.1, 0.15) is 24.1 Å². The quantitative estimate of drug-likeness (QED) is 0.574. The van der Waals surface area contributed by atoms with Crippen LogP contribution in [0.3, 0.4) is 0 Å². The van der Waals surface area contributed by atoms with Crippen molar-refractivity contribution < 1.29 is 4.57 Å². The van der Waals surface area contributed by atoms with E-state index in [-0.39, 0.29) is 0 Å². The zero-order valence-corrected chi connectivity index (χ0v) is 16.2. The molecule has 1 aliphatic carbocycles. The van der Waals surface area contributed by atoms with Crippen LogP contribution in [0.25, 0.3) is 5.69 Å². The maximum atomic E-state index is 2.48. The van der Waals surface area contributed by atoms with E-state index in [1.807, 2.05) is 0 Å². The van der Waals surface area contributed by atoms with Crippen LogP contribution in [-0.2, 0) is 0 Å². The maximum Gasteiger partial charge on any atom is 0.249 e. The van der Waals surface area contributed by atoms with Gasteiger partial charge in [-0.2, -0.15) is 0 Å². The Morgan fingerprint density at radius 2 is 1.28 bits per heavy atom. The van der Waals surface area contributed by atoms with Gasteiger partial charge in [0, 0.05) is 0 Å². The van der Waals surface area contributed by atoms with Crippen LogP contribution in [0.4, 0.5) is 0 Å². The van der Waals surface area contributed by atoms with E-state index >= 15 is 0 Å². The minimum absolute atomic E-state index is 0.673. The lowest BCUT2D eigenvalue weighted by atomic mass is 9.98. The summed E-state index contributed by atoms with van der Waals surface area (Å²) < 4.78 is 4.76. The maximum absolute atomic E-state index is 2.48. The van der Waals surface area contributed by atoms with Gasteiger partial charge in [0.25, 0.3) is 0 Å². The predicted octanol–water partition coefficient (Wildman–Crippen LogP) is 6.23. The molecule has 0 bridgehead atoms. The minimum atomic E-state index is 0.673. The molecule has 0 unspecified atom stereocenters. The van der Waals surface area contributed by atoms with E-state index in [9.17, 15) is 0 Å². The molecule has 25 heavy (non-hydrogen) atoms. The monoisotopic (exact) mass is 339 g/mol. The number of hydrogen-bond donors (Lipinski definition) is 0. The molecule has 2 heteroatoms. The summed E-state index contributed by atoms with van der Waals surface area (Å²) in [6.45, 7) is 4.36. The van der Waals surface area contributed by atoms with Gasteiger partial charge in [0.2, 0.25) is 6.33 Å². The SMILES string of the molecule is Cc1cc(C)cc(-n2cc[n+](C3CCCCCCCCCCC3)c2)c1. The summed E-state index contributed by atoms with van der Waals surface area (Å²) in [6, 6.07) is 7.47. The van der Waals surface area contributed by atoms with Crippen molar-refractivity contribution in [3.63, 3.8) is 0 Å². The summed E-state index contributed by atoms with van der Waals surface area (Å²) in [7, 11) is 0. The van der Waals surface area contributed by atoms with Gasteiger partial charge in [-0.3, -0.25) is 0 Å². The van der Waals surface area contributed by atoms with Gasteiger partial charge in [-0.25, -0.2) is 9.13 Å². The van der Waals surface area contributed by atoms with Crippen molar-refractivity contribution in [2.75, 3.05) is 0 Å². The molecule has 0 aliphatic heterocycles. The molecule has 2 nitrogen and oxygen atoms in total. The zero-order chi connectivity index (χ0) is 17.5. The lowest BCUT2D eigenvalue weighted by Crippen LogP contribution is -2.37. The lowest BCUT2D eigenvalue weighted by molar-refractivity contribution is -0.723. The van der Waals surface area contributed by atoms with Crippen LogP contribution < -0.4 is 4.57 Å². The third kappa shape index (κ3) is 5.45. The summed E-state index contributed by atoms with van der Waals surface area (Å²) in [6.07, 6.45) is 22.3. The summed E-state index contributed by atoms with van der Waals surface area (Å²) in [5, 5.41) is 0. The van der Waals surface area contributed by atoms with Crippen molar-refractivity contribution in [1.82, 2.24) is 4.57 Å². The Bertz CT molecular complexity index is 624. The fourth-order valence-electron chi connectivity index (χ4n) is 4.28. The Balaban J connectivity index is 1.71. The molecule has 0 saturated heterocycles. The molecule has 2 aromatic rings. The van der Waals surface area contributed by atoms with Gasteiger partial charge in [0.15, 0.2) is 0 Å². The first-order valence-corrected chi connectivity index (χ1v) is 10.4. The Morgan fingerprint density at radius 1 is 0.760 bits per heavy atom. The lowest BCUT2D eigenvalue weighted by Gasteiger charge is -2.15. The van der Waals surface area contributed by atoms with E-state index < -0.39 is 0 Å². The first-order chi connectivity index (χ1) is 12.2. The molecule has 0 spiro atoms. The largest absolute Gasteiger partial charge is 0.249 e. The number of aromatic nitrogens is 2. The van der Waals surface area contributed by atoms with Crippen LogP contribution in [0.1, 0.15) is 87.8 Å². The molecule has 0 amide bonds. The highest BCUT2D eigenvalue weighted by molar-refractivity contribution is 5.38. The molecule has 1 heterocycles. The van der Waals surface area contributed by atoms with E-state index in [0.717, 1.165) is 0 Å². The zero-order valence-electron chi connectivity index (χ0n) is 16.2. The predicted molar refractivity (Wildman–Crippen MR) is 105 cm³/mol. The third-order valence-electron chi connectivity index (χ3n) is 5.66. The van der Waals surface area contributed by atoms with E-state index in [0.29, 0.717) is 6.04 Å². The molecule has 3 rings (SSSR count). The summed E-state index contributed by atoms with van der Waals surface area (Å²) in [4.78, 5) is 0. The number of aryl methyl sites for hydroxylation is 2. The van der Waals surface area contributed by atoms with Crippen LogP contribution in [0.5, 0.6) is 0 Å². The van der Waals surface area contributed by atoms with Crippen LogP contribution in [0.2, 0.25) is 0 Å². The topological polar surface area (TPSA) is 8.81 Å². The van der Waals surface area contributed by atoms with Gasteiger partial charge in [-0.1, -0.05) is 51.0 Å². The molecule has 0 radical (unpaired) electrons. The smallest absolute Gasteiger partial charge is 0.234 e. The van der Waals surface area contributed by atoms with Crippen molar-refractivity contribution in [1.29, 1.82) is 0 Å². The van der Waals surface area contributed by atoms with Crippen molar-refractivity contribution in [2.45, 2.75) is 90.5 Å². The molecule has 1 aromatic heterocycles. The second kappa shape index (κ2) is 9.22. The second-order valence-electron chi connectivity index (χ2n) is 8.03. The number of hydrogen-bond acceptors (Lipinski definition) is 0. The summed E-state index contributed by atoms with van der Waals surface area (Å²) in [5.74, 6) is 0. The van der Waals surface area contributed by atoms with Gasteiger partial charge < -0.3 is 0 Å². The average molecular weight is 340 g/mol. The highest BCUT2D eigenvalue weighted by atomic mass is 15.1. The third-order valence-corrected chi connectivity index (χ3v) is 5.66. The minimum Gasteiger partial charge on any atom is -0.234 e. The first-order valence-electron chi connectivity index (χ1n) is 10.4. The normalized spacial score (nSPS) is 18.5. The molecule has 0 atom stereocenters. The van der Waals surface area contributed by atoms with Gasteiger partial charge in [0.05, 0.1) is 0 Å². The number of benzene rings is 1. The Labute approximate surface area is 153 Å². The van der Waals surface area contributed by atoms with Crippen LogP contribution >= 0.6 is 0 Å². The van der Waals surface area contributed by atoms with E-state index in [1.54, 1.807) is 0 Å². The fourth-order valence-corrected chi connectivity index (χ4v) is 4.28. The molecule has 1 aromatic carbocycles. The van der Waals surface area contributed by atoms with E-state index in [4.69, 9.17) is 0 Å². The van der Waals surface area contributed by atoms with Gasteiger partial charge >= 0.3 is 0 Å². The highest BCUT2D eigenvalue weighted by Gasteiger charge is 2.18.